The molecule has 0 aliphatic carbocycles. The minimum Gasteiger partial charge on any atom is -0.453 e. The predicted octanol–water partition coefficient (Wildman–Crippen LogP) is 2.61. The molecule has 114 valence electrons. The summed E-state index contributed by atoms with van der Waals surface area (Å²) in [7, 11) is 1.33. The van der Waals surface area contributed by atoms with Gasteiger partial charge in [0.2, 0.25) is 0 Å². The molecule has 1 fully saturated rings. The van der Waals surface area contributed by atoms with Crippen molar-refractivity contribution in [1.82, 2.24) is 10.2 Å². The number of halogens is 2. The molecule has 1 aliphatic heterocycles. The second-order valence-electron chi connectivity index (χ2n) is 4.90. The predicted molar refractivity (Wildman–Crippen MR) is 81.2 cm³/mol. The maximum Gasteiger partial charge on any atom is 0.407 e. The zero-order valence-corrected chi connectivity index (χ0v) is 13.1. The number of carbonyl (C=O) groups is 2. The first-order valence-electron chi connectivity index (χ1n) is 6.54. The molecule has 0 bridgehead atoms. The fourth-order valence-electron chi connectivity index (χ4n) is 2.32. The maximum absolute atomic E-state index is 12.2. The third-order valence-corrected chi connectivity index (χ3v) is 3.93. The first kappa shape index (κ1) is 16.1. The lowest BCUT2D eigenvalue weighted by Crippen LogP contribution is -2.38. The number of ether oxygens (including phenoxy) is 1. The Morgan fingerprint density at radius 2 is 2.19 bits per heavy atom. The van der Waals surface area contributed by atoms with Gasteiger partial charge in [-0.2, -0.15) is 0 Å². The van der Waals surface area contributed by atoms with Crippen LogP contribution in [0.1, 0.15) is 16.8 Å². The van der Waals surface area contributed by atoms with Gasteiger partial charge in [0.25, 0.3) is 0 Å². The first-order valence-corrected chi connectivity index (χ1v) is 7.30. The van der Waals surface area contributed by atoms with Crippen LogP contribution in [0.5, 0.6) is 0 Å². The number of methoxy groups -OCH3 is 1. The van der Waals surface area contributed by atoms with E-state index in [1.807, 2.05) is 4.90 Å². The lowest BCUT2D eigenvalue weighted by molar-refractivity contribution is 0.0944. The van der Waals surface area contributed by atoms with E-state index in [9.17, 15) is 9.59 Å². The maximum atomic E-state index is 12.2. The molecular weight excluding hydrogens is 315 g/mol. The number of likely N-dealkylation sites (tertiary alicyclic amines) is 1. The molecule has 0 radical (unpaired) electrons. The standard InChI is InChI=1S/C14H16Cl2N2O3/c1-21-14(20)17-10-4-5-18(7-10)8-13(19)11-3-2-9(15)6-12(11)16/h2-3,6,10H,4-5,7-8H2,1H3,(H,17,20). The molecule has 5 nitrogen and oxygen atoms in total. The largest absolute Gasteiger partial charge is 0.453 e. The quantitative estimate of drug-likeness (QED) is 0.862. The number of hydrogen-bond donors (Lipinski definition) is 1. The zero-order valence-electron chi connectivity index (χ0n) is 11.6. The molecule has 7 heteroatoms. The SMILES string of the molecule is COC(=O)NC1CCN(CC(=O)c2ccc(Cl)cc2Cl)C1. The average Bonchev–Trinajstić information content (AvgIpc) is 2.85. The van der Waals surface area contributed by atoms with Gasteiger partial charge in [-0.05, 0) is 24.6 Å². The molecule has 1 aliphatic rings. The highest BCUT2D eigenvalue weighted by Crippen LogP contribution is 2.22. The normalized spacial score (nSPS) is 18.5. The van der Waals surface area contributed by atoms with E-state index in [4.69, 9.17) is 23.2 Å². The van der Waals surface area contributed by atoms with Crippen LogP contribution in [-0.4, -0.2) is 49.6 Å². The second kappa shape index (κ2) is 7.11. The summed E-state index contributed by atoms with van der Waals surface area (Å²) in [5, 5.41) is 3.59. The minimum atomic E-state index is -0.450. The molecule has 21 heavy (non-hydrogen) atoms. The number of nitrogens with zero attached hydrogens (tertiary/aromatic N) is 1. The monoisotopic (exact) mass is 330 g/mol. The molecule has 0 aromatic heterocycles. The van der Waals surface area contributed by atoms with E-state index in [1.54, 1.807) is 18.2 Å². The first-order chi connectivity index (χ1) is 9.99. The van der Waals surface area contributed by atoms with E-state index in [2.05, 4.69) is 10.1 Å². The number of amides is 1. The van der Waals surface area contributed by atoms with Gasteiger partial charge in [0.15, 0.2) is 5.78 Å². The molecule has 1 heterocycles. The van der Waals surface area contributed by atoms with Gasteiger partial charge in [0.1, 0.15) is 0 Å². The van der Waals surface area contributed by atoms with Crippen LogP contribution < -0.4 is 5.32 Å². The Labute approximate surface area is 133 Å². The number of rotatable bonds is 4. The Hall–Kier alpha value is -1.30. The molecule has 1 unspecified atom stereocenters. The van der Waals surface area contributed by atoms with Gasteiger partial charge in [-0.15, -0.1) is 0 Å². The number of alkyl carbamates (subject to hydrolysis) is 1. The highest BCUT2D eigenvalue weighted by molar-refractivity contribution is 6.36. The van der Waals surface area contributed by atoms with E-state index < -0.39 is 6.09 Å². The van der Waals surface area contributed by atoms with Crippen molar-refractivity contribution in [2.24, 2.45) is 0 Å². The zero-order chi connectivity index (χ0) is 15.4. The van der Waals surface area contributed by atoms with E-state index in [0.717, 1.165) is 13.0 Å². The van der Waals surface area contributed by atoms with Crippen molar-refractivity contribution in [3.05, 3.63) is 33.8 Å². The van der Waals surface area contributed by atoms with Gasteiger partial charge in [0.05, 0.1) is 18.7 Å². The van der Waals surface area contributed by atoms with Crippen LogP contribution in [0, 0.1) is 0 Å². The molecule has 1 aromatic rings. The van der Waals surface area contributed by atoms with E-state index in [1.165, 1.54) is 7.11 Å². The summed E-state index contributed by atoms with van der Waals surface area (Å²) in [6, 6.07) is 4.84. The number of hydrogen-bond acceptors (Lipinski definition) is 4. The summed E-state index contributed by atoms with van der Waals surface area (Å²) < 4.78 is 4.56. The van der Waals surface area contributed by atoms with E-state index >= 15 is 0 Å². The van der Waals surface area contributed by atoms with Crippen molar-refractivity contribution in [3.8, 4) is 0 Å². The van der Waals surface area contributed by atoms with Crippen molar-refractivity contribution in [2.45, 2.75) is 12.5 Å². The molecule has 1 amide bonds. The molecule has 1 saturated heterocycles. The Bertz CT molecular complexity index is 551. The van der Waals surface area contributed by atoms with Crippen molar-refractivity contribution < 1.29 is 14.3 Å². The van der Waals surface area contributed by atoms with Crippen LogP contribution in [0.15, 0.2) is 18.2 Å². The Morgan fingerprint density at radius 1 is 1.43 bits per heavy atom. The van der Waals surface area contributed by atoms with Crippen molar-refractivity contribution in [1.29, 1.82) is 0 Å². The van der Waals surface area contributed by atoms with Gasteiger partial charge in [-0.3, -0.25) is 9.69 Å². The molecule has 0 saturated carbocycles. The smallest absolute Gasteiger partial charge is 0.407 e. The Kier molecular flexibility index (Phi) is 5.45. The topological polar surface area (TPSA) is 58.6 Å². The van der Waals surface area contributed by atoms with Crippen LogP contribution in [0.25, 0.3) is 0 Å². The van der Waals surface area contributed by atoms with Gasteiger partial charge in [-0.1, -0.05) is 23.2 Å². The number of Topliss-reactive ketones (excluding diaryl/α,β-unsaturated/α-hetero) is 1. The highest BCUT2D eigenvalue weighted by Gasteiger charge is 2.26. The number of ketones is 1. The van der Waals surface area contributed by atoms with Crippen molar-refractivity contribution >= 4 is 35.1 Å². The van der Waals surface area contributed by atoms with Gasteiger partial charge in [-0.25, -0.2) is 4.79 Å². The van der Waals surface area contributed by atoms with Gasteiger partial charge in [0, 0.05) is 29.7 Å². The van der Waals surface area contributed by atoms with E-state index in [-0.39, 0.29) is 18.4 Å². The third-order valence-electron chi connectivity index (χ3n) is 3.38. The molecule has 1 aromatic carbocycles. The molecule has 1 atom stereocenters. The van der Waals surface area contributed by atoms with Crippen LogP contribution >= 0.6 is 23.2 Å². The molecular formula is C14H16Cl2N2O3. The van der Waals surface area contributed by atoms with Gasteiger partial charge < -0.3 is 10.1 Å². The third kappa shape index (κ3) is 4.33. The summed E-state index contributed by atoms with van der Waals surface area (Å²) in [6.45, 7) is 1.62. The van der Waals surface area contributed by atoms with Crippen molar-refractivity contribution in [2.75, 3.05) is 26.7 Å². The second-order valence-corrected chi connectivity index (χ2v) is 5.75. The average molecular weight is 331 g/mol. The highest BCUT2D eigenvalue weighted by atomic mass is 35.5. The fourth-order valence-corrected chi connectivity index (χ4v) is 2.84. The summed E-state index contributed by atoms with van der Waals surface area (Å²) in [5.74, 6) is -0.0598. The number of carbonyl (C=O) groups excluding carboxylic acids is 2. The van der Waals surface area contributed by atoms with Crippen LogP contribution in [0.2, 0.25) is 10.0 Å². The lowest BCUT2D eigenvalue weighted by Gasteiger charge is -2.16. The van der Waals surface area contributed by atoms with Crippen LogP contribution in [-0.2, 0) is 4.74 Å². The Balaban J connectivity index is 1.90. The molecule has 0 spiro atoms. The van der Waals surface area contributed by atoms with Gasteiger partial charge >= 0.3 is 6.09 Å². The summed E-state index contributed by atoms with van der Waals surface area (Å²) >= 11 is 11.8. The lowest BCUT2D eigenvalue weighted by atomic mass is 10.1. The number of nitrogens with one attached hydrogen (secondary N) is 1. The molecule has 1 N–H and O–H groups in total. The summed E-state index contributed by atoms with van der Waals surface area (Å²) in [6.07, 6.45) is 0.338. The Morgan fingerprint density at radius 3 is 2.86 bits per heavy atom. The van der Waals surface area contributed by atoms with Crippen LogP contribution in [0.3, 0.4) is 0 Å². The van der Waals surface area contributed by atoms with E-state index in [0.29, 0.717) is 22.2 Å². The fraction of sp³-hybridized carbons (Fsp3) is 0.429. The van der Waals surface area contributed by atoms with Crippen molar-refractivity contribution in [3.63, 3.8) is 0 Å². The minimum absolute atomic E-state index is 0.00550. The summed E-state index contributed by atoms with van der Waals surface area (Å²) in [5.41, 5.74) is 0.463. The molecule has 2 rings (SSSR count). The van der Waals surface area contributed by atoms with Crippen LogP contribution in [0.4, 0.5) is 4.79 Å². The number of benzene rings is 1. The summed E-state index contributed by atoms with van der Waals surface area (Å²) in [4.78, 5) is 25.4.